The van der Waals surface area contributed by atoms with E-state index in [0.717, 1.165) is 16.9 Å². The van der Waals surface area contributed by atoms with Crippen molar-refractivity contribution in [2.24, 2.45) is 0 Å². The van der Waals surface area contributed by atoms with Crippen molar-refractivity contribution >= 4 is 17.5 Å². The third-order valence-corrected chi connectivity index (χ3v) is 4.31. The van der Waals surface area contributed by atoms with Crippen LogP contribution in [-0.4, -0.2) is 13.0 Å². The third kappa shape index (κ3) is 4.01. The maximum absolute atomic E-state index is 12.7. The van der Waals surface area contributed by atoms with Crippen LogP contribution in [-0.2, 0) is 0 Å². The Morgan fingerprint density at radius 3 is 2.12 bits per heavy atom. The van der Waals surface area contributed by atoms with Gasteiger partial charge in [-0.1, -0.05) is 66.2 Å². The van der Waals surface area contributed by atoms with Gasteiger partial charge < -0.3 is 10.1 Å². The van der Waals surface area contributed by atoms with Crippen LogP contribution in [0.25, 0.3) is 0 Å². The minimum Gasteiger partial charge on any atom is -0.497 e. The molecule has 3 aromatic carbocycles. The topological polar surface area (TPSA) is 38.3 Å². The average molecular weight is 352 g/mol. The number of methoxy groups -OCH3 is 1. The zero-order chi connectivity index (χ0) is 17.6. The van der Waals surface area contributed by atoms with Crippen molar-refractivity contribution in [2.75, 3.05) is 7.11 Å². The molecule has 0 saturated carbocycles. The molecule has 1 atom stereocenters. The van der Waals surface area contributed by atoms with Gasteiger partial charge in [0.1, 0.15) is 5.75 Å². The lowest BCUT2D eigenvalue weighted by molar-refractivity contribution is 0.0943. The summed E-state index contributed by atoms with van der Waals surface area (Å²) in [6.07, 6.45) is 0. The molecule has 0 bridgehead atoms. The van der Waals surface area contributed by atoms with Gasteiger partial charge in [-0.15, -0.1) is 0 Å². The van der Waals surface area contributed by atoms with Gasteiger partial charge >= 0.3 is 0 Å². The minimum absolute atomic E-state index is 0.213. The molecular weight excluding hydrogens is 334 g/mol. The van der Waals surface area contributed by atoms with Crippen LogP contribution in [0.3, 0.4) is 0 Å². The molecule has 3 rings (SSSR count). The zero-order valence-corrected chi connectivity index (χ0v) is 14.5. The number of carbonyl (C=O) groups is 1. The first-order valence-electron chi connectivity index (χ1n) is 7.93. The molecule has 1 amide bonds. The van der Waals surface area contributed by atoms with E-state index in [1.165, 1.54) is 0 Å². The maximum atomic E-state index is 12.7. The molecule has 4 heteroatoms. The van der Waals surface area contributed by atoms with Crippen molar-refractivity contribution in [3.05, 3.63) is 101 Å². The smallest absolute Gasteiger partial charge is 0.253 e. The van der Waals surface area contributed by atoms with Gasteiger partial charge in [0.2, 0.25) is 0 Å². The van der Waals surface area contributed by atoms with Crippen LogP contribution in [0.1, 0.15) is 27.5 Å². The Labute approximate surface area is 152 Å². The van der Waals surface area contributed by atoms with Gasteiger partial charge in [-0.05, 0) is 35.4 Å². The van der Waals surface area contributed by atoms with Crippen LogP contribution in [0.4, 0.5) is 0 Å². The lowest BCUT2D eigenvalue weighted by atomic mass is 9.98. The Morgan fingerprint density at radius 2 is 1.48 bits per heavy atom. The van der Waals surface area contributed by atoms with Crippen molar-refractivity contribution in [2.45, 2.75) is 6.04 Å². The van der Waals surface area contributed by atoms with Gasteiger partial charge in [0.25, 0.3) is 5.91 Å². The van der Waals surface area contributed by atoms with E-state index in [2.05, 4.69) is 5.32 Å². The first-order valence-corrected chi connectivity index (χ1v) is 8.31. The summed E-state index contributed by atoms with van der Waals surface area (Å²) in [5.74, 6) is 0.559. The van der Waals surface area contributed by atoms with Crippen LogP contribution in [0.2, 0.25) is 5.02 Å². The molecule has 0 heterocycles. The highest BCUT2D eigenvalue weighted by Gasteiger charge is 2.19. The van der Waals surface area contributed by atoms with Crippen LogP contribution in [0, 0.1) is 0 Å². The molecule has 0 aliphatic heterocycles. The number of benzene rings is 3. The highest BCUT2D eigenvalue weighted by atomic mass is 35.5. The van der Waals surface area contributed by atoms with Crippen LogP contribution < -0.4 is 10.1 Å². The summed E-state index contributed by atoms with van der Waals surface area (Å²) in [5.41, 5.74) is 2.42. The largest absolute Gasteiger partial charge is 0.497 e. The summed E-state index contributed by atoms with van der Waals surface area (Å²) in [6.45, 7) is 0. The van der Waals surface area contributed by atoms with E-state index in [1.54, 1.807) is 31.4 Å². The Morgan fingerprint density at radius 1 is 0.880 bits per heavy atom. The quantitative estimate of drug-likeness (QED) is 0.712. The molecule has 0 aromatic heterocycles. The second-order valence-corrected chi connectivity index (χ2v) is 5.98. The standard InChI is InChI=1S/C21H18ClNO2/c1-25-17-13-11-16(12-14-17)20(15-7-3-2-4-8-15)23-21(24)18-9-5-6-10-19(18)22/h2-14,20H,1H3,(H,23,24). The number of halogens is 1. The number of carbonyl (C=O) groups excluding carboxylic acids is 1. The van der Waals surface area contributed by atoms with Gasteiger partial charge in [-0.3, -0.25) is 4.79 Å². The van der Waals surface area contributed by atoms with E-state index in [1.807, 2.05) is 54.6 Å². The molecular formula is C21H18ClNO2. The molecule has 0 spiro atoms. The lowest BCUT2D eigenvalue weighted by Gasteiger charge is -2.20. The van der Waals surface area contributed by atoms with E-state index in [0.29, 0.717) is 10.6 Å². The van der Waals surface area contributed by atoms with Crippen molar-refractivity contribution < 1.29 is 9.53 Å². The summed E-state index contributed by atoms with van der Waals surface area (Å²) in [7, 11) is 1.63. The molecule has 0 aliphatic rings. The molecule has 3 nitrogen and oxygen atoms in total. The van der Waals surface area contributed by atoms with Crippen molar-refractivity contribution in [3.63, 3.8) is 0 Å². The fourth-order valence-electron chi connectivity index (χ4n) is 2.66. The number of amides is 1. The van der Waals surface area contributed by atoms with E-state index < -0.39 is 0 Å². The van der Waals surface area contributed by atoms with E-state index in [9.17, 15) is 4.79 Å². The van der Waals surface area contributed by atoms with Crippen molar-refractivity contribution in [1.82, 2.24) is 5.32 Å². The van der Waals surface area contributed by atoms with Crippen LogP contribution in [0.15, 0.2) is 78.9 Å². The summed E-state index contributed by atoms with van der Waals surface area (Å²) >= 11 is 6.16. The molecule has 0 fully saturated rings. The number of nitrogens with one attached hydrogen (secondary N) is 1. The normalized spacial score (nSPS) is 11.6. The van der Waals surface area contributed by atoms with E-state index >= 15 is 0 Å². The van der Waals surface area contributed by atoms with E-state index in [4.69, 9.17) is 16.3 Å². The third-order valence-electron chi connectivity index (χ3n) is 3.98. The van der Waals surface area contributed by atoms with Crippen LogP contribution >= 0.6 is 11.6 Å². The lowest BCUT2D eigenvalue weighted by Crippen LogP contribution is -2.29. The predicted molar refractivity (Wildman–Crippen MR) is 100 cm³/mol. The van der Waals surface area contributed by atoms with Crippen molar-refractivity contribution in [1.29, 1.82) is 0 Å². The Hall–Kier alpha value is -2.78. The SMILES string of the molecule is COc1ccc(C(NC(=O)c2ccccc2Cl)c2ccccc2)cc1. The van der Waals surface area contributed by atoms with Gasteiger partial charge in [-0.25, -0.2) is 0 Å². The second-order valence-electron chi connectivity index (χ2n) is 5.57. The summed E-state index contributed by atoms with van der Waals surface area (Å²) < 4.78 is 5.22. The molecule has 0 saturated heterocycles. The van der Waals surface area contributed by atoms with Gasteiger partial charge in [-0.2, -0.15) is 0 Å². The monoisotopic (exact) mass is 351 g/mol. The molecule has 0 aliphatic carbocycles. The fraction of sp³-hybridized carbons (Fsp3) is 0.0952. The molecule has 0 radical (unpaired) electrons. The number of hydrogen-bond acceptors (Lipinski definition) is 2. The summed E-state index contributed by atoms with van der Waals surface area (Å²) in [5, 5.41) is 3.51. The van der Waals surface area contributed by atoms with E-state index in [-0.39, 0.29) is 11.9 Å². The molecule has 1 unspecified atom stereocenters. The first kappa shape index (κ1) is 17.1. The Bertz CT molecular complexity index is 847. The Kier molecular flexibility index (Phi) is 5.36. The fourth-order valence-corrected chi connectivity index (χ4v) is 2.88. The predicted octanol–water partition coefficient (Wildman–Crippen LogP) is 4.87. The number of hydrogen-bond donors (Lipinski definition) is 1. The van der Waals surface area contributed by atoms with Gasteiger partial charge in [0.15, 0.2) is 0 Å². The zero-order valence-electron chi connectivity index (χ0n) is 13.8. The molecule has 25 heavy (non-hydrogen) atoms. The summed E-state index contributed by atoms with van der Waals surface area (Å²) in [6, 6.07) is 24.2. The highest BCUT2D eigenvalue weighted by molar-refractivity contribution is 6.33. The number of rotatable bonds is 5. The van der Waals surface area contributed by atoms with Crippen LogP contribution in [0.5, 0.6) is 5.75 Å². The molecule has 3 aromatic rings. The Balaban J connectivity index is 1.94. The maximum Gasteiger partial charge on any atom is 0.253 e. The average Bonchev–Trinajstić information content (AvgIpc) is 2.67. The van der Waals surface area contributed by atoms with Gasteiger partial charge in [0.05, 0.1) is 23.7 Å². The second kappa shape index (κ2) is 7.86. The molecule has 126 valence electrons. The van der Waals surface area contributed by atoms with Gasteiger partial charge in [0, 0.05) is 0 Å². The number of ether oxygens (including phenoxy) is 1. The van der Waals surface area contributed by atoms with Crippen molar-refractivity contribution in [3.8, 4) is 5.75 Å². The highest BCUT2D eigenvalue weighted by Crippen LogP contribution is 2.25. The molecule has 1 N–H and O–H groups in total. The summed E-state index contributed by atoms with van der Waals surface area (Å²) in [4.78, 5) is 12.7. The first-order chi connectivity index (χ1) is 12.2. The minimum atomic E-state index is -0.282.